The zero-order valence-electron chi connectivity index (χ0n) is 11.5. The Bertz CT molecular complexity index is 700. The summed E-state index contributed by atoms with van der Waals surface area (Å²) >= 11 is 1.54. The number of nitrogens with one attached hydrogen (secondary N) is 2. The molecule has 1 heterocycles. The van der Waals surface area contributed by atoms with E-state index in [2.05, 4.69) is 16.7 Å². The number of aryl methyl sites for hydroxylation is 1. The molecule has 5 heteroatoms. The van der Waals surface area contributed by atoms with Gasteiger partial charge in [-0.15, -0.1) is 11.3 Å². The predicted molar refractivity (Wildman–Crippen MR) is 84.6 cm³/mol. The highest BCUT2D eigenvalue weighted by atomic mass is 32.1. The Morgan fingerprint density at radius 1 is 1.29 bits per heavy atom. The first-order valence-corrected chi connectivity index (χ1v) is 7.73. The third kappa shape index (κ3) is 2.91. The number of thiophene rings is 1. The van der Waals surface area contributed by atoms with Crippen LogP contribution in [0.4, 0.5) is 10.7 Å². The van der Waals surface area contributed by atoms with Gasteiger partial charge in [0.2, 0.25) is 5.91 Å². The minimum Gasteiger partial charge on any atom is -0.376 e. The molecule has 0 saturated heterocycles. The van der Waals surface area contributed by atoms with Crippen molar-refractivity contribution in [2.45, 2.75) is 19.3 Å². The number of benzene rings is 1. The number of nitriles is 1. The molecular formula is C16H15N3OS. The van der Waals surface area contributed by atoms with Crippen LogP contribution >= 0.6 is 11.3 Å². The van der Waals surface area contributed by atoms with Crippen LogP contribution in [0.2, 0.25) is 0 Å². The number of nitrogens with zero attached hydrogens (tertiary/aromatic N) is 1. The highest BCUT2D eigenvalue weighted by Gasteiger charge is 2.22. The molecule has 106 valence electrons. The van der Waals surface area contributed by atoms with Crippen LogP contribution < -0.4 is 10.6 Å². The van der Waals surface area contributed by atoms with Crippen molar-refractivity contribution in [3.63, 3.8) is 0 Å². The summed E-state index contributed by atoms with van der Waals surface area (Å²) in [5, 5.41) is 15.9. The van der Waals surface area contributed by atoms with Crippen molar-refractivity contribution in [1.82, 2.24) is 0 Å². The van der Waals surface area contributed by atoms with Crippen LogP contribution in [0.25, 0.3) is 0 Å². The zero-order chi connectivity index (χ0) is 14.7. The largest absolute Gasteiger partial charge is 0.376 e. The molecule has 0 aliphatic heterocycles. The summed E-state index contributed by atoms with van der Waals surface area (Å²) < 4.78 is 0. The molecule has 1 aromatic carbocycles. The Labute approximate surface area is 127 Å². The summed E-state index contributed by atoms with van der Waals surface area (Å²) in [7, 11) is 0. The lowest BCUT2D eigenvalue weighted by Crippen LogP contribution is -2.21. The first kappa shape index (κ1) is 13.7. The average molecular weight is 297 g/mol. The van der Waals surface area contributed by atoms with E-state index in [1.807, 2.05) is 30.3 Å². The van der Waals surface area contributed by atoms with Gasteiger partial charge in [-0.25, -0.2) is 0 Å². The van der Waals surface area contributed by atoms with Crippen molar-refractivity contribution in [3.05, 3.63) is 46.3 Å². The Balaban J connectivity index is 1.64. The second-order valence-corrected chi connectivity index (χ2v) is 6.05. The van der Waals surface area contributed by atoms with E-state index in [0.717, 1.165) is 30.5 Å². The summed E-state index contributed by atoms with van der Waals surface area (Å²) in [4.78, 5) is 13.3. The molecule has 0 atom stereocenters. The minimum atomic E-state index is -0.129. The predicted octanol–water partition coefficient (Wildman–Crippen LogP) is 3.16. The molecule has 0 unspecified atom stereocenters. The number of hydrogen-bond donors (Lipinski definition) is 2. The van der Waals surface area contributed by atoms with Gasteiger partial charge in [-0.1, -0.05) is 18.2 Å². The van der Waals surface area contributed by atoms with E-state index in [1.54, 1.807) is 11.3 Å². The van der Waals surface area contributed by atoms with Gasteiger partial charge in [0.25, 0.3) is 0 Å². The van der Waals surface area contributed by atoms with Gasteiger partial charge < -0.3 is 10.6 Å². The van der Waals surface area contributed by atoms with Crippen LogP contribution in [0.3, 0.4) is 0 Å². The van der Waals surface area contributed by atoms with E-state index in [9.17, 15) is 10.1 Å². The molecule has 1 aliphatic carbocycles. The molecule has 1 aromatic heterocycles. The lowest BCUT2D eigenvalue weighted by atomic mass is 10.1. The molecule has 0 spiro atoms. The van der Waals surface area contributed by atoms with E-state index in [4.69, 9.17) is 0 Å². The van der Waals surface area contributed by atoms with Crippen molar-refractivity contribution < 1.29 is 4.79 Å². The lowest BCUT2D eigenvalue weighted by Gasteiger charge is -2.07. The fourth-order valence-electron chi connectivity index (χ4n) is 2.52. The van der Waals surface area contributed by atoms with Crippen LogP contribution in [0.1, 0.15) is 22.4 Å². The summed E-state index contributed by atoms with van der Waals surface area (Å²) in [6.07, 6.45) is 3.08. The third-order valence-electron chi connectivity index (χ3n) is 3.51. The lowest BCUT2D eigenvalue weighted by molar-refractivity contribution is -0.114. The molecule has 21 heavy (non-hydrogen) atoms. The van der Waals surface area contributed by atoms with E-state index in [0.29, 0.717) is 10.6 Å². The van der Waals surface area contributed by atoms with Gasteiger partial charge in [-0.2, -0.15) is 5.26 Å². The molecule has 0 radical (unpaired) electrons. The quantitative estimate of drug-likeness (QED) is 0.911. The van der Waals surface area contributed by atoms with Gasteiger partial charge in [0.1, 0.15) is 11.1 Å². The van der Waals surface area contributed by atoms with Crippen molar-refractivity contribution in [3.8, 4) is 6.07 Å². The molecule has 2 N–H and O–H groups in total. The van der Waals surface area contributed by atoms with Crippen molar-refractivity contribution in [2.75, 3.05) is 17.2 Å². The highest BCUT2D eigenvalue weighted by molar-refractivity contribution is 7.16. The normalized spacial score (nSPS) is 12.5. The van der Waals surface area contributed by atoms with E-state index in [1.165, 1.54) is 4.88 Å². The van der Waals surface area contributed by atoms with E-state index in [-0.39, 0.29) is 12.5 Å². The number of hydrogen-bond acceptors (Lipinski definition) is 4. The Morgan fingerprint density at radius 2 is 2.10 bits per heavy atom. The van der Waals surface area contributed by atoms with Gasteiger partial charge in [0.05, 0.1) is 12.1 Å². The number of rotatable bonds is 4. The maximum atomic E-state index is 12.0. The molecule has 2 aromatic rings. The van der Waals surface area contributed by atoms with Crippen molar-refractivity contribution in [2.24, 2.45) is 0 Å². The van der Waals surface area contributed by atoms with Gasteiger partial charge in [-0.05, 0) is 37.0 Å². The maximum absolute atomic E-state index is 12.0. The van der Waals surface area contributed by atoms with E-state index < -0.39 is 0 Å². The Hall–Kier alpha value is -2.32. The number of para-hydroxylation sites is 1. The fourth-order valence-corrected chi connectivity index (χ4v) is 3.78. The monoisotopic (exact) mass is 297 g/mol. The molecule has 4 nitrogen and oxygen atoms in total. The average Bonchev–Trinajstić information content (AvgIpc) is 3.06. The second-order valence-electron chi connectivity index (χ2n) is 4.94. The Kier molecular flexibility index (Phi) is 3.89. The van der Waals surface area contributed by atoms with E-state index >= 15 is 0 Å². The fraction of sp³-hybridized carbons (Fsp3) is 0.250. The number of anilines is 2. The Morgan fingerprint density at radius 3 is 2.86 bits per heavy atom. The maximum Gasteiger partial charge on any atom is 0.244 e. The first-order valence-electron chi connectivity index (χ1n) is 6.91. The van der Waals surface area contributed by atoms with Crippen molar-refractivity contribution >= 4 is 27.9 Å². The van der Waals surface area contributed by atoms with Crippen molar-refractivity contribution in [1.29, 1.82) is 5.26 Å². The number of carbonyl (C=O) groups excluding carboxylic acids is 1. The summed E-state index contributed by atoms with van der Waals surface area (Å²) in [6, 6.07) is 11.8. The number of carbonyl (C=O) groups is 1. The standard InChI is InChI=1S/C16H15N3OS/c17-9-13-12-7-4-8-14(12)21-16(13)19-15(20)10-18-11-5-2-1-3-6-11/h1-3,5-6,18H,4,7-8,10H2,(H,19,20). The van der Waals surface area contributed by atoms with Crippen LogP contribution in [0.15, 0.2) is 30.3 Å². The van der Waals surface area contributed by atoms with Crippen LogP contribution in [-0.2, 0) is 17.6 Å². The first-order chi connectivity index (χ1) is 10.3. The van der Waals surface area contributed by atoms with Gasteiger partial charge in [0, 0.05) is 10.6 Å². The number of amides is 1. The smallest absolute Gasteiger partial charge is 0.244 e. The topological polar surface area (TPSA) is 64.9 Å². The molecule has 0 fully saturated rings. The highest BCUT2D eigenvalue weighted by Crippen LogP contribution is 2.38. The molecule has 0 bridgehead atoms. The second kappa shape index (κ2) is 5.98. The molecule has 1 aliphatic rings. The minimum absolute atomic E-state index is 0.129. The van der Waals surface area contributed by atoms with Gasteiger partial charge >= 0.3 is 0 Å². The molecule has 1 amide bonds. The molecule has 0 saturated carbocycles. The summed E-state index contributed by atoms with van der Waals surface area (Å²) in [5.41, 5.74) is 2.69. The zero-order valence-corrected chi connectivity index (χ0v) is 12.3. The van der Waals surface area contributed by atoms with Gasteiger partial charge in [-0.3, -0.25) is 4.79 Å². The SMILES string of the molecule is N#Cc1c(NC(=O)CNc2ccccc2)sc2c1CCC2. The molecular weight excluding hydrogens is 282 g/mol. The van der Waals surface area contributed by atoms with Crippen LogP contribution in [0.5, 0.6) is 0 Å². The van der Waals surface area contributed by atoms with Crippen LogP contribution in [0, 0.1) is 11.3 Å². The summed E-state index contributed by atoms with van der Waals surface area (Å²) in [6.45, 7) is 0.192. The van der Waals surface area contributed by atoms with Gasteiger partial charge in [0.15, 0.2) is 0 Å². The number of fused-ring (bicyclic) bond motifs is 1. The van der Waals surface area contributed by atoms with Crippen LogP contribution in [-0.4, -0.2) is 12.5 Å². The third-order valence-corrected chi connectivity index (χ3v) is 4.72. The molecule has 3 rings (SSSR count). The summed E-state index contributed by atoms with van der Waals surface area (Å²) in [5.74, 6) is -0.129.